The third-order valence-electron chi connectivity index (χ3n) is 5.57. The van der Waals surface area contributed by atoms with Crippen molar-refractivity contribution in [2.75, 3.05) is 23.9 Å². The molecular formula is C24H21N7O. The number of hydrogen-bond donors (Lipinski definition) is 1. The van der Waals surface area contributed by atoms with E-state index >= 15 is 0 Å². The second kappa shape index (κ2) is 7.12. The monoisotopic (exact) mass is 423 g/mol. The van der Waals surface area contributed by atoms with E-state index < -0.39 is 0 Å². The molecule has 0 radical (unpaired) electrons. The van der Waals surface area contributed by atoms with Gasteiger partial charge in [0.25, 0.3) is 0 Å². The molecule has 0 spiro atoms. The average molecular weight is 423 g/mol. The summed E-state index contributed by atoms with van der Waals surface area (Å²) >= 11 is 0. The molecule has 6 rings (SSSR count). The highest BCUT2D eigenvalue weighted by Crippen LogP contribution is 2.37. The van der Waals surface area contributed by atoms with Crippen molar-refractivity contribution in [3.8, 4) is 11.4 Å². The van der Waals surface area contributed by atoms with Gasteiger partial charge in [0.1, 0.15) is 5.75 Å². The minimum Gasteiger partial charge on any atom is -0.497 e. The molecule has 0 atom stereocenters. The third-order valence-corrected chi connectivity index (χ3v) is 5.57. The van der Waals surface area contributed by atoms with Crippen molar-refractivity contribution in [3.05, 3.63) is 72.8 Å². The first-order valence-electron chi connectivity index (χ1n) is 10.5. The second-order valence-corrected chi connectivity index (χ2v) is 7.44. The van der Waals surface area contributed by atoms with Gasteiger partial charge in [0.05, 0.1) is 29.7 Å². The fraction of sp³-hybridized carbons (Fsp3) is 0.125. The van der Waals surface area contributed by atoms with E-state index in [1.165, 1.54) is 0 Å². The molecule has 8 nitrogen and oxygen atoms in total. The number of rotatable bonds is 3. The molecule has 5 aromatic rings. The zero-order valence-electron chi connectivity index (χ0n) is 17.7. The second-order valence-electron chi connectivity index (χ2n) is 7.44. The number of anilines is 3. The van der Waals surface area contributed by atoms with Crippen LogP contribution in [-0.4, -0.2) is 39.0 Å². The maximum absolute atomic E-state index is 5.36. The van der Waals surface area contributed by atoms with Crippen molar-refractivity contribution < 1.29 is 4.74 Å². The molecule has 1 aliphatic heterocycles. The molecule has 3 aromatic carbocycles. The van der Waals surface area contributed by atoms with Crippen molar-refractivity contribution in [3.63, 3.8) is 0 Å². The standard InChI is InChI=1S/C24H21N7O/c1-3-25-23-26-20-10-6-7-11-21(20)30-22-18-8-4-5-9-19(18)27-31(22)28-24(30)29(23)16-12-14-17(32-2)15-13-16/h4-15H,3H2,1-2H3,(H,25,26). The molecule has 1 aliphatic rings. The number of para-hydroxylation sites is 2. The summed E-state index contributed by atoms with van der Waals surface area (Å²) in [5.74, 6) is 2.19. The summed E-state index contributed by atoms with van der Waals surface area (Å²) in [6.45, 7) is 2.64. The van der Waals surface area contributed by atoms with Crippen molar-refractivity contribution in [1.82, 2.24) is 19.4 Å². The summed E-state index contributed by atoms with van der Waals surface area (Å²) in [4.78, 5) is 6.80. The van der Waals surface area contributed by atoms with Crippen LogP contribution in [0.5, 0.6) is 5.75 Å². The Morgan fingerprint density at radius 2 is 1.72 bits per heavy atom. The van der Waals surface area contributed by atoms with Gasteiger partial charge in [-0.3, -0.25) is 9.56 Å². The molecule has 3 heterocycles. The van der Waals surface area contributed by atoms with Gasteiger partial charge in [0.2, 0.25) is 11.9 Å². The Bertz CT molecular complexity index is 1480. The number of ether oxygens (including phenoxy) is 1. The Balaban J connectivity index is 1.71. The van der Waals surface area contributed by atoms with E-state index in [2.05, 4.69) is 28.1 Å². The molecule has 0 saturated carbocycles. The van der Waals surface area contributed by atoms with E-state index in [0.29, 0.717) is 18.5 Å². The summed E-state index contributed by atoms with van der Waals surface area (Å²) < 4.78 is 9.21. The third kappa shape index (κ3) is 2.66. The first-order valence-corrected chi connectivity index (χ1v) is 10.5. The van der Waals surface area contributed by atoms with Crippen LogP contribution in [-0.2, 0) is 0 Å². The molecular weight excluding hydrogens is 402 g/mol. The lowest BCUT2D eigenvalue weighted by molar-refractivity contribution is 0.415. The lowest BCUT2D eigenvalue weighted by Crippen LogP contribution is -2.33. The Morgan fingerprint density at radius 3 is 2.53 bits per heavy atom. The minimum absolute atomic E-state index is 0.623. The van der Waals surface area contributed by atoms with Crippen molar-refractivity contribution in [2.24, 2.45) is 4.99 Å². The summed E-state index contributed by atoms with van der Waals surface area (Å²) in [7, 11) is 1.66. The molecule has 0 saturated heterocycles. The van der Waals surface area contributed by atoms with Crippen LogP contribution in [0, 0.1) is 0 Å². The summed E-state index contributed by atoms with van der Waals surface area (Å²) in [6, 6.07) is 24.1. The van der Waals surface area contributed by atoms with Crippen LogP contribution in [0.4, 0.5) is 17.3 Å². The average Bonchev–Trinajstić information content (AvgIpc) is 3.32. The van der Waals surface area contributed by atoms with Gasteiger partial charge in [-0.25, -0.2) is 4.90 Å². The number of nitrogens with one attached hydrogen (secondary N) is 1. The molecule has 0 amide bonds. The fourth-order valence-electron chi connectivity index (χ4n) is 4.15. The van der Waals surface area contributed by atoms with Crippen LogP contribution < -0.4 is 15.0 Å². The Kier molecular flexibility index (Phi) is 4.10. The van der Waals surface area contributed by atoms with E-state index in [-0.39, 0.29) is 0 Å². The summed E-state index contributed by atoms with van der Waals surface area (Å²) in [6.07, 6.45) is 0. The van der Waals surface area contributed by atoms with Gasteiger partial charge < -0.3 is 10.1 Å². The molecule has 0 aliphatic carbocycles. The topological polar surface area (TPSA) is 72.0 Å². The molecule has 0 bridgehead atoms. The van der Waals surface area contributed by atoms with Crippen LogP contribution in [0.25, 0.3) is 22.2 Å². The number of hydrogen-bond acceptors (Lipinski definition) is 4. The molecule has 32 heavy (non-hydrogen) atoms. The Labute approximate surface area is 184 Å². The van der Waals surface area contributed by atoms with Crippen LogP contribution in [0.3, 0.4) is 0 Å². The number of guanidine groups is 1. The minimum atomic E-state index is 0.623. The predicted molar refractivity (Wildman–Crippen MR) is 127 cm³/mol. The highest BCUT2D eigenvalue weighted by molar-refractivity contribution is 6.12. The van der Waals surface area contributed by atoms with Crippen molar-refractivity contribution in [1.29, 1.82) is 0 Å². The Hall–Kier alpha value is -4.33. The van der Waals surface area contributed by atoms with Gasteiger partial charge in [-0.1, -0.05) is 24.3 Å². The lowest BCUT2D eigenvalue weighted by atomic mass is 10.2. The Morgan fingerprint density at radius 1 is 0.938 bits per heavy atom. The number of aromatic nitrogens is 4. The van der Waals surface area contributed by atoms with Crippen molar-refractivity contribution >= 4 is 39.8 Å². The largest absolute Gasteiger partial charge is 0.497 e. The van der Waals surface area contributed by atoms with E-state index in [4.69, 9.17) is 19.9 Å². The summed E-state index contributed by atoms with van der Waals surface area (Å²) in [5, 5.41) is 14.2. The number of nitrogens with zero attached hydrogens (tertiary/aromatic N) is 6. The fourth-order valence-corrected chi connectivity index (χ4v) is 4.15. The molecule has 0 fully saturated rings. The first-order chi connectivity index (χ1) is 15.8. The van der Waals surface area contributed by atoms with Crippen molar-refractivity contribution in [2.45, 2.75) is 6.92 Å². The normalized spacial score (nSPS) is 14.3. The van der Waals surface area contributed by atoms with Gasteiger partial charge in [0, 0.05) is 11.9 Å². The maximum atomic E-state index is 5.36. The number of fused-ring (bicyclic) bond motifs is 7. The highest BCUT2D eigenvalue weighted by atomic mass is 16.5. The number of methoxy groups -OCH3 is 1. The molecule has 2 aromatic heterocycles. The molecule has 1 N–H and O–H groups in total. The zero-order valence-corrected chi connectivity index (χ0v) is 17.7. The zero-order chi connectivity index (χ0) is 21.7. The smallest absolute Gasteiger partial charge is 0.243 e. The van der Waals surface area contributed by atoms with Gasteiger partial charge in [-0.05, 0) is 55.5 Å². The molecule has 158 valence electrons. The van der Waals surface area contributed by atoms with E-state index in [1.54, 1.807) is 11.7 Å². The SMILES string of the molecule is CCN=C1Nc2ccccc2-n2c(nn3nc4ccccc4c23)N1c1ccc(OC)cc1. The van der Waals surface area contributed by atoms with Gasteiger partial charge in [0.15, 0.2) is 5.65 Å². The predicted octanol–water partition coefficient (Wildman–Crippen LogP) is 4.62. The van der Waals surface area contributed by atoms with Gasteiger partial charge in [-0.2, -0.15) is 0 Å². The molecule has 8 heteroatoms. The van der Waals surface area contributed by atoms with Gasteiger partial charge >= 0.3 is 0 Å². The maximum Gasteiger partial charge on any atom is 0.243 e. The van der Waals surface area contributed by atoms with Crippen LogP contribution in [0.15, 0.2) is 77.8 Å². The van der Waals surface area contributed by atoms with Gasteiger partial charge in [-0.15, -0.1) is 14.8 Å². The van der Waals surface area contributed by atoms with E-state index in [1.807, 2.05) is 66.4 Å². The van der Waals surface area contributed by atoms with E-state index in [9.17, 15) is 0 Å². The summed E-state index contributed by atoms with van der Waals surface area (Å²) in [5.41, 5.74) is 4.65. The van der Waals surface area contributed by atoms with Crippen LogP contribution in [0.2, 0.25) is 0 Å². The lowest BCUT2D eigenvalue weighted by Gasteiger charge is -2.23. The molecule has 0 unspecified atom stereocenters. The van der Waals surface area contributed by atoms with E-state index in [0.717, 1.165) is 39.4 Å². The quantitative estimate of drug-likeness (QED) is 0.458. The number of aliphatic imine (C=N–C) groups is 1. The first kappa shape index (κ1) is 18.4. The van der Waals surface area contributed by atoms with Crippen LogP contribution in [0.1, 0.15) is 6.92 Å². The van der Waals surface area contributed by atoms with Crippen LogP contribution >= 0.6 is 0 Å². The highest BCUT2D eigenvalue weighted by Gasteiger charge is 2.30. The number of benzene rings is 3.